The highest BCUT2D eigenvalue weighted by molar-refractivity contribution is 6.36. The van der Waals surface area contributed by atoms with Gasteiger partial charge in [-0.2, -0.15) is 0 Å². The molecule has 12 heteroatoms. The number of pyridine rings is 1. The lowest BCUT2D eigenvalue weighted by molar-refractivity contribution is 0.0240. The van der Waals surface area contributed by atoms with Crippen molar-refractivity contribution in [1.82, 2.24) is 19.9 Å². The standard InChI is InChI=1S/C26H29Cl2FN6O3/c1-15(21-18(27)5-6-19(29)22(21)28)37-20-11-16(12-31-23(20)30)17-13-32-24(33-14-17)34-7-9-35(10-8-34)25(36)38-26(2,3)4/h5-6,11-15H,7-10H2,1-4H3,(H2,30,31)/t15-/m1/s1. The predicted molar refractivity (Wildman–Crippen MR) is 145 cm³/mol. The summed E-state index contributed by atoms with van der Waals surface area (Å²) in [6.45, 7) is 9.43. The summed E-state index contributed by atoms with van der Waals surface area (Å²) in [5, 5.41) is 0.172. The third-order valence-corrected chi connectivity index (χ3v) is 6.57. The molecule has 1 fully saturated rings. The molecule has 2 aromatic heterocycles. The molecule has 1 amide bonds. The summed E-state index contributed by atoms with van der Waals surface area (Å²) < 4.78 is 25.4. The summed E-state index contributed by atoms with van der Waals surface area (Å²) in [7, 11) is 0. The third-order valence-electron chi connectivity index (χ3n) is 5.86. The SMILES string of the molecule is C[C@@H](Oc1cc(-c2cnc(N3CCN(C(=O)OC(C)(C)C)CC3)nc2)cnc1N)c1c(Cl)ccc(F)c1Cl. The minimum atomic E-state index is -0.692. The molecule has 0 radical (unpaired) electrons. The number of carbonyl (C=O) groups excluding carboxylic acids is 1. The number of aromatic nitrogens is 3. The van der Waals surface area contributed by atoms with E-state index >= 15 is 0 Å². The van der Waals surface area contributed by atoms with Gasteiger partial charge in [-0.05, 0) is 45.9 Å². The molecule has 3 aromatic rings. The molecule has 0 saturated carbocycles. The summed E-state index contributed by atoms with van der Waals surface area (Å²) in [4.78, 5) is 29.2. The predicted octanol–water partition coefficient (Wildman–Crippen LogP) is 5.76. The Bertz CT molecular complexity index is 1310. The Morgan fingerprint density at radius 2 is 1.68 bits per heavy atom. The number of nitrogen functional groups attached to an aromatic ring is 1. The lowest BCUT2D eigenvalue weighted by atomic mass is 10.1. The van der Waals surface area contributed by atoms with Crippen LogP contribution in [0.4, 0.5) is 21.0 Å². The quantitative estimate of drug-likeness (QED) is 0.391. The van der Waals surface area contributed by atoms with E-state index in [4.69, 9.17) is 38.4 Å². The fourth-order valence-electron chi connectivity index (χ4n) is 3.92. The minimum absolute atomic E-state index is 0.108. The van der Waals surface area contributed by atoms with Crippen LogP contribution in [0.25, 0.3) is 11.1 Å². The average Bonchev–Trinajstić information content (AvgIpc) is 2.87. The van der Waals surface area contributed by atoms with Crippen LogP contribution >= 0.6 is 23.2 Å². The molecule has 9 nitrogen and oxygen atoms in total. The highest BCUT2D eigenvalue weighted by Gasteiger charge is 2.27. The molecule has 0 aliphatic carbocycles. The first kappa shape index (κ1) is 27.7. The largest absolute Gasteiger partial charge is 0.482 e. The number of nitrogens with zero attached hydrogens (tertiary/aromatic N) is 5. The zero-order valence-electron chi connectivity index (χ0n) is 21.5. The molecule has 1 aliphatic rings. The molecule has 3 heterocycles. The molecule has 1 atom stereocenters. The van der Waals surface area contributed by atoms with Crippen molar-refractivity contribution in [1.29, 1.82) is 0 Å². The van der Waals surface area contributed by atoms with Gasteiger partial charge in [0, 0.05) is 66.5 Å². The Labute approximate surface area is 230 Å². The number of hydrogen-bond donors (Lipinski definition) is 1. The zero-order valence-corrected chi connectivity index (χ0v) is 23.1. The van der Waals surface area contributed by atoms with E-state index < -0.39 is 17.5 Å². The van der Waals surface area contributed by atoms with Crippen molar-refractivity contribution in [3.8, 4) is 16.9 Å². The molecule has 1 aromatic carbocycles. The molecular weight excluding hydrogens is 534 g/mol. The van der Waals surface area contributed by atoms with E-state index in [1.165, 1.54) is 12.1 Å². The number of piperazine rings is 1. The molecule has 2 N–H and O–H groups in total. The van der Waals surface area contributed by atoms with Gasteiger partial charge in [-0.3, -0.25) is 0 Å². The first-order valence-corrected chi connectivity index (χ1v) is 12.8. The molecule has 0 unspecified atom stereocenters. The van der Waals surface area contributed by atoms with Gasteiger partial charge in [-0.15, -0.1) is 0 Å². The van der Waals surface area contributed by atoms with Crippen molar-refractivity contribution < 1.29 is 18.7 Å². The van der Waals surface area contributed by atoms with Crippen LogP contribution in [-0.2, 0) is 4.74 Å². The van der Waals surface area contributed by atoms with Gasteiger partial charge in [0.25, 0.3) is 0 Å². The minimum Gasteiger partial charge on any atom is -0.482 e. The van der Waals surface area contributed by atoms with Crippen LogP contribution in [0.3, 0.4) is 0 Å². The normalized spacial score (nSPS) is 14.8. The molecule has 0 spiro atoms. The van der Waals surface area contributed by atoms with Gasteiger partial charge in [0.05, 0.1) is 5.02 Å². The van der Waals surface area contributed by atoms with Gasteiger partial charge in [0.15, 0.2) is 11.6 Å². The summed E-state index contributed by atoms with van der Waals surface area (Å²) in [6, 6.07) is 4.33. The van der Waals surface area contributed by atoms with Crippen molar-refractivity contribution in [2.75, 3.05) is 36.8 Å². The number of amides is 1. The number of rotatable bonds is 5. The molecule has 1 aliphatic heterocycles. The van der Waals surface area contributed by atoms with Crippen molar-refractivity contribution in [3.05, 3.63) is 58.2 Å². The van der Waals surface area contributed by atoms with Crippen LogP contribution in [0.2, 0.25) is 10.0 Å². The highest BCUT2D eigenvalue weighted by atomic mass is 35.5. The summed E-state index contributed by atoms with van der Waals surface area (Å²) in [6.07, 6.45) is 3.95. The zero-order chi connectivity index (χ0) is 27.6. The number of carbonyl (C=O) groups is 1. The van der Waals surface area contributed by atoms with Gasteiger partial charge in [0.2, 0.25) is 5.95 Å². The number of anilines is 2. The maximum absolute atomic E-state index is 14.0. The van der Waals surface area contributed by atoms with E-state index in [9.17, 15) is 9.18 Å². The topological polar surface area (TPSA) is 107 Å². The highest BCUT2D eigenvalue weighted by Crippen LogP contribution is 2.37. The second-order valence-electron chi connectivity index (χ2n) is 9.85. The second kappa shape index (κ2) is 11.2. The van der Waals surface area contributed by atoms with Crippen LogP contribution in [0.5, 0.6) is 5.75 Å². The first-order valence-electron chi connectivity index (χ1n) is 12.0. The Morgan fingerprint density at radius 3 is 2.32 bits per heavy atom. The van der Waals surface area contributed by atoms with Crippen LogP contribution < -0.4 is 15.4 Å². The average molecular weight is 563 g/mol. The van der Waals surface area contributed by atoms with E-state index in [2.05, 4.69) is 15.0 Å². The van der Waals surface area contributed by atoms with Gasteiger partial charge >= 0.3 is 6.09 Å². The van der Waals surface area contributed by atoms with E-state index in [0.29, 0.717) is 48.8 Å². The smallest absolute Gasteiger partial charge is 0.410 e. The van der Waals surface area contributed by atoms with E-state index in [-0.39, 0.29) is 27.7 Å². The summed E-state index contributed by atoms with van der Waals surface area (Å²) in [5.41, 5.74) is 7.20. The number of ether oxygens (including phenoxy) is 2. The molecule has 202 valence electrons. The lowest BCUT2D eigenvalue weighted by Gasteiger charge is -2.35. The van der Waals surface area contributed by atoms with E-state index in [1.807, 2.05) is 25.7 Å². The Kier molecular flexibility index (Phi) is 8.13. The molecule has 4 rings (SSSR count). The van der Waals surface area contributed by atoms with Gasteiger partial charge in [-0.1, -0.05) is 23.2 Å². The molecule has 1 saturated heterocycles. The van der Waals surface area contributed by atoms with Gasteiger partial charge in [0.1, 0.15) is 17.5 Å². The van der Waals surface area contributed by atoms with Gasteiger partial charge in [-0.25, -0.2) is 24.1 Å². The maximum Gasteiger partial charge on any atom is 0.410 e. The van der Waals surface area contributed by atoms with Crippen molar-refractivity contribution in [2.45, 2.75) is 39.4 Å². The Hall–Kier alpha value is -3.37. The fraction of sp³-hybridized carbons (Fsp3) is 0.385. The third kappa shape index (κ3) is 6.36. The van der Waals surface area contributed by atoms with Crippen LogP contribution in [-0.4, -0.2) is 57.7 Å². The van der Waals surface area contributed by atoms with Crippen molar-refractivity contribution in [2.24, 2.45) is 0 Å². The molecule has 0 bridgehead atoms. The fourth-order valence-corrected chi connectivity index (χ4v) is 4.60. The number of benzene rings is 1. The second-order valence-corrected chi connectivity index (χ2v) is 10.6. The number of hydrogen-bond acceptors (Lipinski definition) is 8. The van der Waals surface area contributed by atoms with Crippen LogP contribution in [0.15, 0.2) is 36.8 Å². The molecular formula is C26H29Cl2FN6O3. The molecule has 38 heavy (non-hydrogen) atoms. The van der Waals surface area contributed by atoms with Crippen LogP contribution in [0.1, 0.15) is 39.4 Å². The van der Waals surface area contributed by atoms with E-state index in [1.54, 1.807) is 36.5 Å². The van der Waals surface area contributed by atoms with E-state index in [0.717, 1.165) is 0 Å². The van der Waals surface area contributed by atoms with Crippen molar-refractivity contribution >= 4 is 41.1 Å². The lowest BCUT2D eigenvalue weighted by Crippen LogP contribution is -2.50. The Morgan fingerprint density at radius 1 is 1.05 bits per heavy atom. The number of halogens is 3. The first-order chi connectivity index (χ1) is 17.9. The number of nitrogens with two attached hydrogens (primary N) is 1. The van der Waals surface area contributed by atoms with Crippen molar-refractivity contribution in [3.63, 3.8) is 0 Å². The van der Waals surface area contributed by atoms with Gasteiger partial charge < -0.3 is 25.0 Å². The van der Waals surface area contributed by atoms with Crippen LogP contribution in [0, 0.1) is 5.82 Å². The Balaban J connectivity index is 1.44. The summed E-state index contributed by atoms with van der Waals surface area (Å²) >= 11 is 12.4. The monoisotopic (exact) mass is 562 g/mol. The maximum atomic E-state index is 14.0. The summed E-state index contributed by atoms with van der Waals surface area (Å²) in [5.74, 6) is 0.407.